The minimum atomic E-state index is 0.0218. The molecule has 1 atom stereocenters. The molecule has 0 aliphatic heterocycles. The highest BCUT2D eigenvalue weighted by Gasteiger charge is 2.35. The summed E-state index contributed by atoms with van der Waals surface area (Å²) >= 11 is 0. The van der Waals surface area contributed by atoms with Gasteiger partial charge in [0.25, 0.3) is 0 Å². The van der Waals surface area contributed by atoms with Crippen molar-refractivity contribution >= 4 is 22.0 Å². The summed E-state index contributed by atoms with van der Waals surface area (Å²) in [6, 6.07) is 31.1. The Balaban J connectivity index is 1.33. The molecule has 2 aliphatic rings. The Kier molecular flexibility index (Phi) is 4.55. The molecule has 33 heavy (non-hydrogen) atoms. The van der Waals surface area contributed by atoms with Crippen molar-refractivity contribution in [1.82, 2.24) is 0 Å². The van der Waals surface area contributed by atoms with Crippen LogP contribution in [0.25, 0.3) is 27.5 Å². The molecule has 1 N–H and O–H groups in total. The summed E-state index contributed by atoms with van der Waals surface area (Å²) in [5.74, 6) is 0.495. The van der Waals surface area contributed by atoms with Crippen LogP contribution < -0.4 is 5.32 Å². The van der Waals surface area contributed by atoms with Crippen LogP contribution in [0.5, 0.6) is 0 Å². The maximum atomic E-state index is 3.76. The molecule has 0 heterocycles. The van der Waals surface area contributed by atoms with E-state index in [4.69, 9.17) is 0 Å². The van der Waals surface area contributed by atoms with Crippen LogP contribution >= 0.6 is 0 Å². The second-order valence-electron chi connectivity index (χ2n) is 10.1. The summed E-state index contributed by atoms with van der Waals surface area (Å²) in [4.78, 5) is 0. The molecule has 162 valence electrons. The molecule has 1 heteroatoms. The third kappa shape index (κ3) is 3.40. The summed E-state index contributed by atoms with van der Waals surface area (Å²) < 4.78 is 0. The lowest BCUT2D eigenvalue weighted by atomic mass is 9.82. The van der Waals surface area contributed by atoms with E-state index in [2.05, 4.69) is 123 Å². The van der Waals surface area contributed by atoms with Gasteiger partial charge < -0.3 is 5.32 Å². The van der Waals surface area contributed by atoms with Crippen LogP contribution in [-0.4, -0.2) is 0 Å². The molecule has 6 rings (SSSR count). The zero-order valence-corrected chi connectivity index (χ0v) is 19.5. The SMILES string of the molecule is CC1C=C(c2ccc3ccccc3c2)C=C(Nc2ccc3c(c2)C(C)(C)c2ccccc2-3)C1. The number of hydrogen-bond donors (Lipinski definition) is 1. The Morgan fingerprint density at radius 3 is 2.39 bits per heavy atom. The van der Waals surface area contributed by atoms with Gasteiger partial charge in [-0.3, -0.25) is 0 Å². The van der Waals surface area contributed by atoms with E-state index in [0.717, 1.165) is 6.42 Å². The van der Waals surface area contributed by atoms with Gasteiger partial charge in [-0.2, -0.15) is 0 Å². The lowest BCUT2D eigenvalue weighted by molar-refractivity contribution is 0.660. The minimum Gasteiger partial charge on any atom is -0.359 e. The van der Waals surface area contributed by atoms with Crippen LogP contribution in [0.2, 0.25) is 0 Å². The van der Waals surface area contributed by atoms with Crippen molar-refractivity contribution < 1.29 is 0 Å². The fourth-order valence-electron chi connectivity index (χ4n) is 5.61. The van der Waals surface area contributed by atoms with Crippen molar-refractivity contribution in [3.05, 3.63) is 119 Å². The van der Waals surface area contributed by atoms with E-state index in [1.807, 2.05) is 0 Å². The van der Waals surface area contributed by atoms with Gasteiger partial charge in [0, 0.05) is 16.8 Å². The number of hydrogen-bond acceptors (Lipinski definition) is 1. The molecule has 1 nitrogen and oxygen atoms in total. The molecule has 0 saturated carbocycles. The van der Waals surface area contributed by atoms with Crippen molar-refractivity contribution in [3.63, 3.8) is 0 Å². The maximum Gasteiger partial charge on any atom is 0.0385 e. The van der Waals surface area contributed by atoms with Crippen LogP contribution in [0.15, 0.2) is 103 Å². The molecule has 0 bridgehead atoms. The van der Waals surface area contributed by atoms with Gasteiger partial charge in [-0.25, -0.2) is 0 Å². The average molecular weight is 428 g/mol. The molecule has 2 aliphatic carbocycles. The normalized spacial score (nSPS) is 18.3. The van der Waals surface area contributed by atoms with E-state index in [9.17, 15) is 0 Å². The smallest absolute Gasteiger partial charge is 0.0385 e. The number of nitrogens with one attached hydrogen (secondary N) is 1. The van der Waals surface area contributed by atoms with Crippen LogP contribution in [0.4, 0.5) is 5.69 Å². The monoisotopic (exact) mass is 427 g/mol. The summed E-state index contributed by atoms with van der Waals surface area (Å²) in [6.07, 6.45) is 5.76. The predicted octanol–water partition coefficient (Wildman–Crippen LogP) is 8.57. The first-order valence-corrected chi connectivity index (χ1v) is 11.9. The lowest BCUT2D eigenvalue weighted by Crippen LogP contribution is -2.15. The number of anilines is 1. The Hall–Kier alpha value is -3.58. The minimum absolute atomic E-state index is 0.0218. The van der Waals surface area contributed by atoms with Gasteiger partial charge in [0.1, 0.15) is 0 Å². The number of fused-ring (bicyclic) bond motifs is 4. The third-order valence-electron chi connectivity index (χ3n) is 7.31. The Labute approximate surface area is 196 Å². The highest BCUT2D eigenvalue weighted by molar-refractivity contribution is 5.88. The van der Waals surface area contributed by atoms with E-state index >= 15 is 0 Å². The number of benzene rings is 4. The summed E-state index contributed by atoms with van der Waals surface area (Å²) in [5, 5.41) is 6.34. The third-order valence-corrected chi connectivity index (χ3v) is 7.31. The second-order valence-corrected chi connectivity index (χ2v) is 10.1. The van der Waals surface area contributed by atoms with E-state index in [1.165, 1.54) is 55.5 Å². The van der Waals surface area contributed by atoms with Crippen molar-refractivity contribution in [2.45, 2.75) is 32.6 Å². The fourth-order valence-corrected chi connectivity index (χ4v) is 5.61. The van der Waals surface area contributed by atoms with Gasteiger partial charge in [-0.1, -0.05) is 93.6 Å². The molecule has 4 aromatic rings. The highest BCUT2D eigenvalue weighted by atomic mass is 14.9. The molecule has 1 unspecified atom stereocenters. The van der Waals surface area contributed by atoms with Crippen LogP contribution in [0.3, 0.4) is 0 Å². The average Bonchev–Trinajstić information content (AvgIpc) is 3.05. The summed E-state index contributed by atoms with van der Waals surface area (Å²) in [6.45, 7) is 6.98. The first-order chi connectivity index (χ1) is 16.0. The molecule has 0 fully saturated rings. The summed E-state index contributed by atoms with van der Waals surface area (Å²) in [5.41, 5.74) is 10.6. The molecular formula is C32H29N. The number of rotatable bonds is 3. The van der Waals surface area contributed by atoms with E-state index < -0.39 is 0 Å². The van der Waals surface area contributed by atoms with E-state index in [-0.39, 0.29) is 5.41 Å². The topological polar surface area (TPSA) is 12.0 Å². The zero-order valence-electron chi connectivity index (χ0n) is 19.5. The molecular weight excluding hydrogens is 398 g/mol. The Morgan fingerprint density at radius 1 is 0.758 bits per heavy atom. The zero-order chi connectivity index (χ0) is 22.6. The molecule has 4 aromatic carbocycles. The number of allylic oxidation sites excluding steroid dienone is 4. The van der Waals surface area contributed by atoms with Gasteiger partial charge >= 0.3 is 0 Å². The van der Waals surface area contributed by atoms with Crippen LogP contribution in [0.1, 0.15) is 43.9 Å². The molecule has 0 amide bonds. The largest absolute Gasteiger partial charge is 0.359 e. The van der Waals surface area contributed by atoms with Crippen molar-refractivity contribution in [3.8, 4) is 11.1 Å². The van der Waals surface area contributed by atoms with Crippen molar-refractivity contribution in [2.75, 3.05) is 5.32 Å². The molecule has 0 spiro atoms. The fraction of sp³-hybridized carbons (Fsp3) is 0.188. The van der Waals surface area contributed by atoms with Gasteiger partial charge in [-0.05, 0) is 80.8 Å². The maximum absolute atomic E-state index is 3.76. The Morgan fingerprint density at radius 2 is 1.52 bits per heavy atom. The van der Waals surface area contributed by atoms with Gasteiger partial charge in [0.05, 0.1) is 0 Å². The van der Waals surface area contributed by atoms with Gasteiger partial charge in [0.15, 0.2) is 0 Å². The quantitative estimate of drug-likeness (QED) is 0.345. The molecule has 0 radical (unpaired) electrons. The first kappa shape index (κ1) is 20.1. The predicted molar refractivity (Wildman–Crippen MR) is 141 cm³/mol. The molecule has 0 saturated heterocycles. The molecule has 0 aromatic heterocycles. The van der Waals surface area contributed by atoms with Crippen molar-refractivity contribution in [2.24, 2.45) is 5.92 Å². The van der Waals surface area contributed by atoms with Crippen LogP contribution in [-0.2, 0) is 5.41 Å². The van der Waals surface area contributed by atoms with Crippen LogP contribution in [0, 0.1) is 5.92 Å². The summed E-state index contributed by atoms with van der Waals surface area (Å²) in [7, 11) is 0. The highest BCUT2D eigenvalue weighted by Crippen LogP contribution is 2.49. The lowest BCUT2D eigenvalue weighted by Gasteiger charge is -2.24. The Bertz CT molecular complexity index is 1450. The van der Waals surface area contributed by atoms with Gasteiger partial charge in [-0.15, -0.1) is 0 Å². The van der Waals surface area contributed by atoms with Crippen molar-refractivity contribution in [1.29, 1.82) is 0 Å². The van der Waals surface area contributed by atoms with E-state index in [0.29, 0.717) is 5.92 Å². The first-order valence-electron chi connectivity index (χ1n) is 11.9. The van der Waals surface area contributed by atoms with E-state index in [1.54, 1.807) is 0 Å². The standard InChI is InChI=1S/C32H29N/c1-21-16-25(24-13-12-22-8-4-5-9-23(22)18-24)19-27(17-21)33-26-14-15-29-28-10-6-7-11-30(28)32(2,3)31(29)20-26/h4-16,18-21,33H,17H2,1-3H3. The van der Waals surface area contributed by atoms with Gasteiger partial charge in [0.2, 0.25) is 0 Å². The second kappa shape index (κ2) is 7.49.